The fraction of sp³-hybridized carbons (Fsp3) is 0.500. The van der Waals surface area contributed by atoms with Crippen LogP contribution in [-0.4, -0.2) is 32.1 Å². The van der Waals surface area contributed by atoms with Crippen molar-refractivity contribution < 1.29 is 9.18 Å². The maximum atomic E-state index is 13.0. The number of benzene rings is 1. The van der Waals surface area contributed by atoms with Crippen LogP contribution in [0.1, 0.15) is 49.3 Å². The number of fused-ring (bicyclic) bond motifs is 1. The van der Waals surface area contributed by atoms with E-state index in [9.17, 15) is 9.18 Å². The van der Waals surface area contributed by atoms with Gasteiger partial charge in [0, 0.05) is 24.9 Å². The molecule has 4 rings (SSSR count). The van der Waals surface area contributed by atoms with Crippen LogP contribution in [0, 0.1) is 11.7 Å². The number of amides is 1. The number of halogens is 1. The number of rotatable bonds is 3. The zero-order valence-corrected chi connectivity index (χ0v) is 13.9. The van der Waals surface area contributed by atoms with Crippen molar-refractivity contribution in [2.45, 2.75) is 45.2 Å². The summed E-state index contributed by atoms with van der Waals surface area (Å²) in [6.07, 6.45) is 0.852. The molecule has 0 saturated heterocycles. The van der Waals surface area contributed by atoms with Crippen LogP contribution in [0.25, 0.3) is 0 Å². The molecule has 126 valence electrons. The lowest BCUT2D eigenvalue weighted by Crippen LogP contribution is -2.39. The Kier molecular flexibility index (Phi) is 3.62. The van der Waals surface area contributed by atoms with Gasteiger partial charge >= 0.3 is 0 Å². The SMILES string of the molecule is CC(C)c1nnc2n1CCN(C(=O)[C@@H]1C[C@@H]1c1ccc(F)cc1)C2. The van der Waals surface area contributed by atoms with E-state index in [0.29, 0.717) is 19.0 Å². The van der Waals surface area contributed by atoms with Crippen molar-refractivity contribution in [1.29, 1.82) is 0 Å². The predicted molar refractivity (Wildman–Crippen MR) is 86.8 cm³/mol. The molecule has 24 heavy (non-hydrogen) atoms. The van der Waals surface area contributed by atoms with E-state index in [1.165, 1.54) is 12.1 Å². The highest BCUT2D eigenvalue weighted by atomic mass is 19.1. The highest BCUT2D eigenvalue weighted by Gasteiger charge is 2.46. The molecular formula is C18H21FN4O. The minimum atomic E-state index is -0.237. The van der Waals surface area contributed by atoms with E-state index >= 15 is 0 Å². The summed E-state index contributed by atoms with van der Waals surface area (Å²) in [5.74, 6) is 2.40. The molecule has 1 fully saturated rings. The van der Waals surface area contributed by atoms with Gasteiger partial charge < -0.3 is 9.47 Å². The van der Waals surface area contributed by atoms with Gasteiger partial charge in [0.25, 0.3) is 0 Å². The second-order valence-electron chi connectivity index (χ2n) is 7.04. The Bertz CT molecular complexity index is 768. The average molecular weight is 328 g/mol. The van der Waals surface area contributed by atoms with Gasteiger partial charge in [0.1, 0.15) is 11.6 Å². The summed E-state index contributed by atoms with van der Waals surface area (Å²) in [6.45, 7) is 6.20. The van der Waals surface area contributed by atoms with Gasteiger partial charge in [0.15, 0.2) is 5.82 Å². The zero-order valence-electron chi connectivity index (χ0n) is 13.9. The van der Waals surface area contributed by atoms with Crippen LogP contribution in [0.3, 0.4) is 0 Å². The summed E-state index contributed by atoms with van der Waals surface area (Å²) in [5, 5.41) is 8.52. The van der Waals surface area contributed by atoms with Gasteiger partial charge in [-0.05, 0) is 30.0 Å². The van der Waals surface area contributed by atoms with Gasteiger partial charge in [-0.25, -0.2) is 4.39 Å². The molecule has 0 radical (unpaired) electrons. The van der Waals surface area contributed by atoms with Crippen molar-refractivity contribution in [3.8, 4) is 0 Å². The number of nitrogens with zero attached hydrogens (tertiary/aromatic N) is 4. The number of carbonyl (C=O) groups excluding carboxylic acids is 1. The average Bonchev–Trinajstić information content (AvgIpc) is 3.25. The molecule has 0 bridgehead atoms. The third-order valence-corrected chi connectivity index (χ3v) is 5.02. The maximum absolute atomic E-state index is 13.0. The molecular weight excluding hydrogens is 307 g/mol. The van der Waals surface area contributed by atoms with Gasteiger partial charge in [0.05, 0.1) is 6.54 Å². The van der Waals surface area contributed by atoms with Gasteiger partial charge in [-0.15, -0.1) is 10.2 Å². The van der Waals surface area contributed by atoms with Crippen LogP contribution < -0.4 is 0 Å². The molecule has 2 heterocycles. The fourth-order valence-electron chi connectivity index (χ4n) is 3.58. The molecule has 1 aromatic carbocycles. The minimum absolute atomic E-state index is 0.0227. The van der Waals surface area contributed by atoms with Crippen LogP contribution >= 0.6 is 0 Å². The van der Waals surface area contributed by atoms with Crippen molar-refractivity contribution in [3.05, 3.63) is 47.3 Å². The van der Waals surface area contributed by atoms with E-state index in [-0.39, 0.29) is 23.6 Å². The van der Waals surface area contributed by atoms with Crippen molar-refractivity contribution in [3.63, 3.8) is 0 Å². The van der Waals surface area contributed by atoms with Gasteiger partial charge in [-0.1, -0.05) is 26.0 Å². The smallest absolute Gasteiger partial charge is 0.226 e. The molecule has 1 aromatic heterocycles. The Morgan fingerprint density at radius 2 is 1.96 bits per heavy atom. The van der Waals surface area contributed by atoms with E-state index in [4.69, 9.17) is 0 Å². The third kappa shape index (κ3) is 2.60. The van der Waals surface area contributed by atoms with E-state index in [2.05, 4.69) is 28.6 Å². The molecule has 2 aromatic rings. The van der Waals surface area contributed by atoms with Crippen LogP contribution in [0.4, 0.5) is 4.39 Å². The fourth-order valence-corrected chi connectivity index (χ4v) is 3.58. The second kappa shape index (κ2) is 5.69. The first kappa shape index (κ1) is 15.3. The summed E-state index contributed by atoms with van der Waals surface area (Å²) in [6, 6.07) is 6.50. The third-order valence-electron chi connectivity index (χ3n) is 5.02. The normalized spacial score (nSPS) is 22.6. The van der Waals surface area contributed by atoms with Gasteiger partial charge in [-0.3, -0.25) is 4.79 Å². The first-order valence-electron chi connectivity index (χ1n) is 8.51. The standard InChI is InChI=1S/C18H21FN4O/c1-11(2)17-21-20-16-10-22(7-8-23(16)17)18(24)15-9-14(15)12-3-5-13(19)6-4-12/h3-6,11,14-15H,7-10H2,1-2H3/t14-,15-/m1/s1. The van der Waals surface area contributed by atoms with Crippen LogP contribution in [0.2, 0.25) is 0 Å². The largest absolute Gasteiger partial charge is 0.333 e. The first-order chi connectivity index (χ1) is 11.5. The Morgan fingerprint density at radius 1 is 1.21 bits per heavy atom. The minimum Gasteiger partial charge on any atom is -0.333 e. The number of carbonyl (C=O) groups is 1. The summed E-state index contributed by atoms with van der Waals surface area (Å²) in [5.41, 5.74) is 1.05. The summed E-state index contributed by atoms with van der Waals surface area (Å²) in [4.78, 5) is 14.6. The quantitative estimate of drug-likeness (QED) is 0.870. The molecule has 6 heteroatoms. The molecule has 2 aliphatic rings. The zero-order chi connectivity index (χ0) is 16.8. The summed E-state index contributed by atoms with van der Waals surface area (Å²) < 4.78 is 15.2. The number of aromatic nitrogens is 3. The Hall–Kier alpha value is -2.24. The predicted octanol–water partition coefficient (Wildman–Crippen LogP) is 2.69. The van der Waals surface area contributed by atoms with Crippen molar-refractivity contribution >= 4 is 5.91 Å². The Morgan fingerprint density at radius 3 is 2.67 bits per heavy atom. The Labute approximate surface area is 140 Å². The number of hydrogen-bond donors (Lipinski definition) is 0. The molecule has 1 amide bonds. The monoisotopic (exact) mass is 328 g/mol. The van der Waals surface area contributed by atoms with Crippen molar-refractivity contribution in [2.75, 3.05) is 6.54 Å². The van der Waals surface area contributed by atoms with Gasteiger partial charge in [-0.2, -0.15) is 0 Å². The molecule has 0 spiro atoms. The maximum Gasteiger partial charge on any atom is 0.226 e. The molecule has 1 aliphatic carbocycles. The van der Waals surface area contributed by atoms with Crippen LogP contribution in [-0.2, 0) is 17.9 Å². The molecule has 0 N–H and O–H groups in total. The topological polar surface area (TPSA) is 51.0 Å². The first-order valence-corrected chi connectivity index (χ1v) is 8.51. The Balaban J connectivity index is 1.44. The highest BCUT2D eigenvalue weighted by Crippen LogP contribution is 2.48. The van der Waals surface area contributed by atoms with E-state index in [1.807, 2.05) is 4.90 Å². The van der Waals surface area contributed by atoms with E-state index in [0.717, 1.165) is 30.2 Å². The summed E-state index contributed by atoms with van der Waals surface area (Å²) >= 11 is 0. The number of hydrogen-bond acceptors (Lipinski definition) is 3. The van der Waals surface area contributed by atoms with E-state index in [1.54, 1.807) is 12.1 Å². The lowest BCUT2D eigenvalue weighted by molar-refractivity contribution is -0.134. The molecule has 1 aliphatic heterocycles. The molecule has 0 unspecified atom stereocenters. The van der Waals surface area contributed by atoms with E-state index < -0.39 is 0 Å². The highest BCUT2D eigenvalue weighted by molar-refractivity contribution is 5.83. The molecule has 2 atom stereocenters. The van der Waals surface area contributed by atoms with Crippen LogP contribution in [0.15, 0.2) is 24.3 Å². The van der Waals surface area contributed by atoms with Crippen LogP contribution in [0.5, 0.6) is 0 Å². The molecule has 1 saturated carbocycles. The molecule has 5 nitrogen and oxygen atoms in total. The summed E-state index contributed by atoms with van der Waals surface area (Å²) in [7, 11) is 0. The lowest BCUT2D eigenvalue weighted by atomic mass is 10.1. The lowest BCUT2D eigenvalue weighted by Gasteiger charge is -2.28. The van der Waals surface area contributed by atoms with Crippen molar-refractivity contribution in [2.24, 2.45) is 5.92 Å². The van der Waals surface area contributed by atoms with Crippen molar-refractivity contribution in [1.82, 2.24) is 19.7 Å². The second-order valence-corrected chi connectivity index (χ2v) is 7.04. The van der Waals surface area contributed by atoms with Gasteiger partial charge in [0.2, 0.25) is 5.91 Å².